The second kappa shape index (κ2) is 8.10. The zero-order chi connectivity index (χ0) is 21.3. The molecule has 1 amide bonds. The molecule has 0 fully saturated rings. The number of hydrogen-bond acceptors (Lipinski definition) is 5. The zero-order valence-electron chi connectivity index (χ0n) is 16.2. The van der Waals surface area contributed by atoms with Crippen LogP contribution in [-0.2, 0) is 21.4 Å². The van der Waals surface area contributed by atoms with Gasteiger partial charge in [-0.3, -0.25) is 4.79 Å². The summed E-state index contributed by atoms with van der Waals surface area (Å²) < 4.78 is 25.2. The molecular formula is C21H20N4O3S2. The van der Waals surface area contributed by atoms with Crippen LogP contribution < -0.4 is 10.5 Å². The van der Waals surface area contributed by atoms with Gasteiger partial charge in [0.15, 0.2) is 5.16 Å². The van der Waals surface area contributed by atoms with Crippen molar-refractivity contribution in [1.29, 1.82) is 0 Å². The first kappa shape index (κ1) is 20.4. The molecule has 0 bridgehead atoms. The SMILES string of the molecule is CCn1c(SCC(=O)Nc2cccc3ccccc23)nc2cc(S(N)(=O)=O)ccc21. The van der Waals surface area contributed by atoms with E-state index in [9.17, 15) is 13.2 Å². The number of aryl methyl sites for hydroxylation is 1. The minimum Gasteiger partial charge on any atom is -0.325 e. The number of thioether (sulfide) groups is 1. The number of aromatic nitrogens is 2. The summed E-state index contributed by atoms with van der Waals surface area (Å²) in [5.74, 6) is 0.0329. The summed E-state index contributed by atoms with van der Waals surface area (Å²) in [5, 5.41) is 10.9. The fourth-order valence-corrected chi connectivity index (χ4v) is 4.74. The highest BCUT2D eigenvalue weighted by molar-refractivity contribution is 7.99. The zero-order valence-corrected chi connectivity index (χ0v) is 17.8. The van der Waals surface area contributed by atoms with Crippen LogP contribution in [0.5, 0.6) is 0 Å². The third kappa shape index (κ3) is 4.04. The summed E-state index contributed by atoms with van der Waals surface area (Å²) in [4.78, 5) is 17.1. The van der Waals surface area contributed by atoms with Gasteiger partial charge in [0.1, 0.15) is 0 Å². The Morgan fingerprint density at radius 2 is 1.90 bits per heavy atom. The van der Waals surface area contributed by atoms with Gasteiger partial charge in [-0.25, -0.2) is 18.5 Å². The molecule has 154 valence electrons. The predicted molar refractivity (Wildman–Crippen MR) is 120 cm³/mol. The molecule has 7 nitrogen and oxygen atoms in total. The van der Waals surface area contributed by atoms with Gasteiger partial charge in [-0.05, 0) is 36.6 Å². The first-order valence-electron chi connectivity index (χ1n) is 9.30. The second-order valence-corrected chi connectivity index (χ2v) is 9.20. The summed E-state index contributed by atoms with van der Waals surface area (Å²) in [6, 6.07) is 18.3. The molecule has 30 heavy (non-hydrogen) atoms. The molecule has 4 rings (SSSR count). The summed E-state index contributed by atoms with van der Waals surface area (Å²) in [7, 11) is -3.80. The predicted octanol–water partition coefficient (Wildman–Crippen LogP) is 3.59. The number of anilines is 1. The van der Waals surface area contributed by atoms with Crippen molar-refractivity contribution in [2.75, 3.05) is 11.1 Å². The van der Waals surface area contributed by atoms with Crippen molar-refractivity contribution in [2.24, 2.45) is 5.14 Å². The lowest BCUT2D eigenvalue weighted by Gasteiger charge is -2.09. The minimum atomic E-state index is -3.80. The molecule has 0 saturated heterocycles. The Hall–Kier alpha value is -2.88. The van der Waals surface area contributed by atoms with E-state index in [0.717, 1.165) is 22.0 Å². The van der Waals surface area contributed by atoms with Crippen LogP contribution in [0.3, 0.4) is 0 Å². The number of amides is 1. The highest BCUT2D eigenvalue weighted by Gasteiger charge is 2.16. The maximum atomic E-state index is 12.6. The fraction of sp³-hybridized carbons (Fsp3) is 0.143. The normalized spacial score (nSPS) is 11.8. The van der Waals surface area contributed by atoms with E-state index in [-0.39, 0.29) is 16.6 Å². The summed E-state index contributed by atoms with van der Waals surface area (Å²) in [5.41, 5.74) is 2.09. The lowest BCUT2D eigenvalue weighted by molar-refractivity contribution is -0.113. The van der Waals surface area contributed by atoms with Crippen molar-refractivity contribution in [3.8, 4) is 0 Å². The van der Waals surface area contributed by atoms with Crippen molar-refractivity contribution < 1.29 is 13.2 Å². The van der Waals surface area contributed by atoms with E-state index >= 15 is 0 Å². The molecule has 0 aliphatic rings. The van der Waals surface area contributed by atoms with Crippen molar-refractivity contribution >= 4 is 55.2 Å². The number of carbonyl (C=O) groups is 1. The van der Waals surface area contributed by atoms with E-state index in [0.29, 0.717) is 17.2 Å². The Labute approximate surface area is 178 Å². The Morgan fingerprint density at radius 1 is 1.13 bits per heavy atom. The number of carbonyl (C=O) groups excluding carboxylic acids is 1. The molecule has 3 N–H and O–H groups in total. The standard InChI is InChI=1S/C21H20N4O3S2/c1-2-25-19-11-10-15(30(22,27)28)12-18(19)24-21(25)29-13-20(26)23-17-9-5-7-14-6-3-4-8-16(14)17/h3-12H,2,13H2,1H3,(H,23,26)(H2,22,27,28). The summed E-state index contributed by atoms with van der Waals surface area (Å²) >= 11 is 1.30. The first-order chi connectivity index (χ1) is 14.4. The molecule has 0 unspecified atom stereocenters. The third-order valence-electron chi connectivity index (χ3n) is 4.73. The quantitative estimate of drug-likeness (QED) is 0.446. The number of nitrogens with zero attached hydrogens (tertiary/aromatic N) is 2. The highest BCUT2D eigenvalue weighted by Crippen LogP contribution is 2.27. The van der Waals surface area contributed by atoms with Crippen molar-refractivity contribution in [3.05, 3.63) is 60.7 Å². The molecule has 4 aromatic rings. The van der Waals surface area contributed by atoms with Crippen LogP contribution in [0.15, 0.2) is 70.7 Å². The number of nitrogens with two attached hydrogens (primary N) is 1. The Kier molecular flexibility index (Phi) is 5.50. The maximum Gasteiger partial charge on any atom is 0.238 e. The van der Waals surface area contributed by atoms with Gasteiger partial charge in [-0.1, -0.05) is 48.2 Å². The minimum absolute atomic E-state index is 0.0148. The van der Waals surface area contributed by atoms with E-state index in [1.165, 1.54) is 23.9 Å². The van der Waals surface area contributed by atoms with E-state index in [1.54, 1.807) is 6.07 Å². The molecule has 9 heteroatoms. The highest BCUT2D eigenvalue weighted by atomic mass is 32.2. The topological polar surface area (TPSA) is 107 Å². The molecule has 1 aromatic heterocycles. The number of fused-ring (bicyclic) bond motifs is 2. The number of rotatable bonds is 6. The molecular weight excluding hydrogens is 420 g/mol. The molecule has 0 spiro atoms. The van der Waals surface area contributed by atoms with Crippen LogP contribution >= 0.6 is 11.8 Å². The molecule has 0 atom stereocenters. The number of imidazole rings is 1. The monoisotopic (exact) mass is 440 g/mol. The second-order valence-electron chi connectivity index (χ2n) is 6.70. The summed E-state index contributed by atoms with van der Waals surface area (Å²) in [6.07, 6.45) is 0. The first-order valence-corrected chi connectivity index (χ1v) is 11.8. The van der Waals surface area contributed by atoms with Gasteiger partial charge in [-0.15, -0.1) is 0 Å². The maximum absolute atomic E-state index is 12.6. The van der Waals surface area contributed by atoms with Gasteiger partial charge in [-0.2, -0.15) is 0 Å². The largest absolute Gasteiger partial charge is 0.325 e. The number of hydrogen-bond donors (Lipinski definition) is 2. The van der Waals surface area contributed by atoms with E-state index in [2.05, 4.69) is 10.3 Å². The van der Waals surface area contributed by atoms with E-state index in [1.807, 2.05) is 54.0 Å². The van der Waals surface area contributed by atoms with Crippen LogP contribution in [0.2, 0.25) is 0 Å². The Balaban J connectivity index is 1.54. The van der Waals surface area contributed by atoms with Crippen molar-refractivity contribution in [1.82, 2.24) is 9.55 Å². The Morgan fingerprint density at radius 3 is 2.67 bits per heavy atom. The number of sulfonamides is 1. The number of benzene rings is 3. The van der Waals surface area contributed by atoms with Gasteiger partial charge in [0.25, 0.3) is 0 Å². The van der Waals surface area contributed by atoms with Gasteiger partial charge in [0.2, 0.25) is 15.9 Å². The van der Waals surface area contributed by atoms with Gasteiger partial charge in [0.05, 0.1) is 21.7 Å². The van der Waals surface area contributed by atoms with Crippen LogP contribution in [-0.4, -0.2) is 29.6 Å². The average Bonchev–Trinajstić information content (AvgIpc) is 3.08. The van der Waals surface area contributed by atoms with Crippen LogP contribution in [0.4, 0.5) is 5.69 Å². The molecule has 0 saturated carbocycles. The fourth-order valence-electron chi connectivity index (χ4n) is 3.33. The Bertz CT molecular complexity index is 1360. The third-order valence-corrected chi connectivity index (χ3v) is 6.61. The van der Waals surface area contributed by atoms with Crippen LogP contribution in [0.1, 0.15) is 6.92 Å². The van der Waals surface area contributed by atoms with E-state index in [4.69, 9.17) is 5.14 Å². The smallest absolute Gasteiger partial charge is 0.238 e. The molecule has 0 aliphatic carbocycles. The van der Waals surface area contributed by atoms with E-state index < -0.39 is 10.0 Å². The van der Waals surface area contributed by atoms with Crippen molar-refractivity contribution in [2.45, 2.75) is 23.5 Å². The molecule has 0 radical (unpaired) electrons. The van der Waals surface area contributed by atoms with Gasteiger partial charge >= 0.3 is 0 Å². The van der Waals surface area contributed by atoms with Crippen molar-refractivity contribution in [3.63, 3.8) is 0 Å². The molecule has 1 heterocycles. The lowest BCUT2D eigenvalue weighted by Crippen LogP contribution is -2.14. The van der Waals surface area contributed by atoms with Crippen LogP contribution in [0, 0.1) is 0 Å². The number of primary sulfonamides is 1. The van der Waals surface area contributed by atoms with Crippen LogP contribution in [0.25, 0.3) is 21.8 Å². The molecule has 0 aliphatic heterocycles. The number of nitrogens with one attached hydrogen (secondary N) is 1. The van der Waals surface area contributed by atoms with Gasteiger partial charge < -0.3 is 9.88 Å². The lowest BCUT2D eigenvalue weighted by atomic mass is 10.1. The average molecular weight is 441 g/mol. The van der Waals surface area contributed by atoms with Gasteiger partial charge in [0, 0.05) is 17.6 Å². The molecule has 3 aromatic carbocycles. The summed E-state index contributed by atoms with van der Waals surface area (Å²) in [6.45, 7) is 2.60.